The molecule has 1 atom stereocenters. The lowest BCUT2D eigenvalue weighted by Crippen LogP contribution is -2.05. The van der Waals surface area contributed by atoms with Gasteiger partial charge in [0, 0.05) is 19.5 Å². The summed E-state index contributed by atoms with van der Waals surface area (Å²) in [5.74, 6) is 0. The van der Waals surface area contributed by atoms with Crippen LogP contribution in [0.1, 0.15) is 23.4 Å². The summed E-state index contributed by atoms with van der Waals surface area (Å²) in [7, 11) is 0. The third-order valence-electron chi connectivity index (χ3n) is 2.58. The molecule has 0 aliphatic carbocycles. The minimum Gasteiger partial charge on any atom is -0.378 e. The van der Waals surface area contributed by atoms with Gasteiger partial charge in [-0.3, -0.25) is 0 Å². The standard InChI is InChI=1S/C13H13Br2NS/c1-8-7-10(3-4-11(8)14)16-9(2)13-12(15)5-6-17-13/h3-7,9,16H,1-2H3. The smallest absolute Gasteiger partial charge is 0.0589 e. The molecule has 0 spiro atoms. The van der Waals surface area contributed by atoms with Crippen LogP contribution in [0.15, 0.2) is 38.6 Å². The molecule has 2 rings (SSSR count). The number of halogens is 2. The van der Waals surface area contributed by atoms with Crippen LogP contribution in [0.25, 0.3) is 0 Å². The van der Waals surface area contributed by atoms with Crippen molar-refractivity contribution >= 4 is 48.9 Å². The zero-order valence-electron chi connectivity index (χ0n) is 9.63. The summed E-state index contributed by atoms with van der Waals surface area (Å²) in [6, 6.07) is 8.72. The number of nitrogens with one attached hydrogen (secondary N) is 1. The van der Waals surface area contributed by atoms with E-state index < -0.39 is 0 Å². The Morgan fingerprint density at radius 2 is 1.94 bits per heavy atom. The Morgan fingerprint density at radius 1 is 1.18 bits per heavy atom. The molecular formula is C13H13Br2NS. The molecule has 0 saturated heterocycles. The predicted molar refractivity (Wildman–Crippen MR) is 82.9 cm³/mol. The Bertz CT molecular complexity index is 522. The fourth-order valence-electron chi connectivity index (χ4n) is 1.66. The quantitative estimate of drug-likeness (QED) is 0.720. The normalized spacial score (nSPS) is 12.5. The topological polar surface area (TPSA) is 12.0 Å². The molecule has 0 saturated carbocycles. The van der Waals surface area contributed by atoms with Gasteiger partial charge >= 0.3 is 0 Å². The molecule has 4 heteroatoms. The second-order valence-corrected chi connectivity index (χ2v) is 6.62. The van der Waals surface area contributed by atoms with Crippen LogP contribution in [-0.2, 0) is 0 Å². The van der Waals surface area contributed by atoms with E-state index in [1.807, 2.05) is 0 Å². The lowest BCUT2D eigenvalue weighted by Gasteiger charge is -2.15. The number of hydrogen-bond acceptors (Lipinski definition) is 2. The van der Waals surface area contributed by atoms with Crippen LogP contribution in [0, 0.1) is 6.92 Å². The minimum absolute atomic E-state index is 0.310. The van der Waals surface area contributed by atoms with Crippen LogP contribution >= 0.6 is 43.2 Å². The maximum atomic E-state index is 3.57. The van der Waals surface area contributed by atoms with E-state index in [0.29, 0.717) is 6.04 Å². The number of rotatable bonds is 3. The lowest BCUT2D eigenvalue weighted by molar-refractivity contribution is 0.902. The van der Waals surface area contributed by atoms with Crippen molar-refractivity contribution in [3.63, 3.8) is 0 Å². The van der Waals surface area contributed by atoms with Crippen molar-refractivity contribution < 1.29 is 0 Å². The van der Waals surface area contributed by atoms with Gasteiger partial charge in [-0.1, -0.05) is 15.9 Å². The second kappa shape index (κ2) is 5.55. The van der Waals surface area contributed by atoms with Crippen molar-refractivity contribution in [2.75, 3.05) is 5.32 Å². The largest absolute Gasteiger partial charge is 0.378 e. The maximum Gasteiger partial charge on any atom is 0.0589 e. The summed E-state index contributed by atoms with van der Waals surface area (Å²) in [6.45, 7) is 4.27. The first-order valence-electron chi connectivity index (χ1n) is 5.33. The van der Waals surface area contributed by atoms with Gasteiger partial charge in [-0.05, 0) is 65.0 Å². The Kier molecular flexibility index (Phi) is 4.28. The average Bonchev–Trinajstić information content (AvgIpc) is 2.70. The van der Waals surface area contributed by atoms with Gasteiger partial charge in [0.05, 0.1) is 6.04 Å². The summed E-state index contributed by atoms with van der Waals surface area (Å²) >= 11 is 8.85. The van der Waals surface area contributed by atoms with Crippen LogP contribution in [0.5, 0.6) is 0 Å². The monoisotopic (exact) mass is 373 g/mol. The van der Waals surface area contributed by atoms with E-state index in [1.165, 1.54) is 14.9 Å². The highest BCUT2D eigenvalue weighted by Gasteiger charge is 2.10. The maximum absolute atomic E-state index is 3.57. The molecule has 1 aromatic heterocycles. The van der Waals surface area contributed by atoms with E-state index in [9.17, 15) is 0 Å². The van der Waals surface area contributed by atoms with Crippen molar-refractivity contribution in [2.24, 2.45) is 0 Å². The number of benzene rings is 1. The minimum atomic E-state index is 0.310. The third kappa shape index (κ3) is 3.12. The first kappa shape index (κ1) is 13.1. The molecule has 1 heterocycles. The Balaban J connectivity index is 2.16. The van der Waals surface area contributed by atoms with Gasteiger partial charge < -0.3 is 5.32 Å². The molecule has 17 heavy (non-hydrogen) atoms. The Hall–Kier alpha value is -0.320. The highest BCUT2D eigenvalue weighted by molar-refractivity contribution is 9.10. The molecule has 0 aliphatic heterocycles. The van der Waals surface area contributed by atoms with E-state index >= 15 is 0 Å². The average molecular weight is 375 g/mol. The molecule has 1 nitrogen and oxygen atoms in total. The van der Waals surface area contributed by atoms with Crippen molar-refractivity contribution in [1.29, 1.82) is 0 Å². The van der Waals surface area contributed by atoms with Gasteiger partial charge in [-0.15, -0.1) is 11.3 Å². The van der Waals surface area contributed by atoms with Gasteiger partial charge in [-0.25, -0.2) is 0 Å². The van der Waals surface area contributed by atoms with E-state index in [4.69, 9.17) is 0 Å². The molecule has 1 N–H and O–H groups in total. The van der Waals surface area contributed by atoms with Crippen LogP contribution < -0.4 is 5.32 Å². The number of aryl methyl sites for hydroxylation is 1. The summed E-state index contributed by atoms with van der Waals surface area (Å²) in [4.78, 5) is 1.32. The lowest BCUT2D eigenvalue weighted by atomic mass is 10.2. The highest BCUT2D eigenvalue weighted by Crippen LogP contribution is 2.31. The van der Waals surface area contributed by atoms with E-state index in [-0.39, 0.29) is 0 Å². The summed E-state index contributed by atoms with van der Waals surface area (Å²) in [5, 5.41) is 5.61. The van der Waals surface area contributed by atoms with Crippen LogP contribution in [0.4, 0.5) is 5.69 Å². The van der Waals surface area contributed by atoms with Gasteiger partial charge in [0.2, 0.25) is 0 Å². The van der Waals surface area contributed by atoms with Crippen LogP contribution in [0.3, 0.4) is 0 Å². The van der Waals surface area contributed by atoms with Crippen molar-refractivity contribution in [2.45, 2.75) is 19.9 Å². The van der Waals surface area contributed by atoms with Crippen LogP contribution in [0.2, 0.25) is 0 Å². The van der Waals surface area contributed by atoms with E-state index in [0.717, 1.165) is 10.2 Å². The number of hydrogen-bond donors (Lipinski definition) is 1. The SMILES string of the molecule is Cc1cc(NC(C)c2sccc2Br)ccc1Br. The van der Waals surface area contributed by atoms with Crippen molar-refractivity contribution in [3.05, 3.63) is 49.0 Å². The first-order valence-corrected chi connectivity index (χ1v) is 7.80. The van der Waals surface area contributed by atoms with Gasteiger partial charge in [0.15, 0.2) is 0 Å². The molecule has 0 fully saturated rings. The Labute approximate surface area is 123 Å². The Morgan fingerprint density at radius 3 is 2.53 bits per heavy atom. The zero-order valence-corrected chi connectivity index (χ0v) is 13.6. The number of thiophene rings is 1. The van der Waals surface area contributed by atoms with E-state index in [1.54, 1.807) is 11.3 Å². The first-order chi connectivity index (χ1) is 8.08. The van der Waals surface area contributed by atoms with Gasteiger partial charge in [0.25, 0.3) is 0 Å². The predicted octanol–water partition coefficient (Wildman–Crippen LogP) is 5.75. The molecule has 2 aromatic rings. The number of anilines is 1. The van der Waals surface area contributed by atoms with Crippen LogP contribution in [-0.4, -0.2) is 0 Å². The third-order valence-corrected chi connectivity index (χ3v) is 5.52. The zero-order chi connectivity index (χ0) is 12.4. The summed E-state index contributed by atoms with van der Waals surface area (Å²) in [6.07, 6.45) is 0. The molecule has 0 aliphatic rings. The molecule has 0 amide bonds. The second-order valence-electron chi connectivity index (χ2n) is 3.96. The van der Waals surface area contributed by atoms with Crippen molar-refractivity contribution in [1.82, 2.24) is 0 Å². The summed E-state index contributed by atoms with van der Waals surface area (Å²) < 4.78 is 2.32. The van der Waals surface area contributed by atoms with Gasteiger partial charge in [-0.2, -0.15) is 0 Å². The van der Waals surface area contributed by atoms with E-state index in [2.05, 4.69) is 80.7 Å². The molecular weight excluding hydrogens is 362 g/mol. The summed E-state index contributed by atoms with van der Waals surface area (Å²) in [5.41, 5.74) is 2.39. The fraction of sp³-hybridized carbons (Fsp3) is 0.231. The fourth-order valence-corrected chi connectivity index (χ4v) is 3.64. The van der Waals surface area contributed by atoms with Crippen molar-refractivity contribution in [3.8, 4) is 0 Å². The molecule has 0 radical (unpaired) electrons. The molecule has 90 valence electrons. The molecule has 0 bridgehead atoms. The van der Waals surface area contributed by atoms with Gasteiger partial charge in [0.1, 0.15) is 0 Å². The highest BCUT2D eigenvalue weighted by atomic mass is 79.9. The molecule has 1 aromatic carbocycles. The molecule has 1 unspecified atom stereocenters.